The summed E-state index contributed by atoms with van der Waals surface area (Å²) in [6.45, 7) is 3.84. The van der Waals surface area contributed by atoms with Crippen LogP contribution in [0.25, 0.3) is 0 Å². The number of carbonyl (C=O) groups is 2. The van der Waals surface area contributed by atoms with E-state index < -0.39 is 45.9 Å². The quantitative estimate of drug-likeness (QED) is 0.345. The highest BCUT2D eigenvalue weighted by Gasteiger charge is 2.47. The van der Waals surface area contributed by atoms with E-state index >= 15 is 0 Å². The second-order valence-corrected chi connectivity index (χ2v) is 13.8. The van der Waals surface area contributed by atoms with Crippen molar-refractivity contribution in [2.24, 2.45) is 17.6 Å². The van der Waals surface area contributed by atoms with Crippen LogP contribution in [-0.2, 0) is 19.6 Å². The van der Waals surface area contributed by atoms with Gasteiger partial charge in [0.15, 0.2) is 0 Å². The van der Waals surface area contributed by atoms with Gasteiger partial charge in [0, 0.05) is 26.6 Å². The molecule has 0 bridgehead atoms. The van der Waals surface area contributed by atoms with E-state index in [1.807, 2.05) is 26.0 Å². The van der Waals surface area contributed by atoms with Gasteiger partial charge in [-0.3, -0.25) is 9.59 Å². The molecule has 7 nitrogen and oxygen atoms in total. The number of sulfonamides is 1. The van der Waals surface area contributed by atoms with E-state index in [2.05, 4.69) is 5.32 Å². The zero-order chi connectivity index (χ0) is 29.9. The molecule has 0 fully saturated rings. The van der Waals surface area contributed by atoms with Crippen molar-refractivity contribution in [3.8, 4) is 0 Å². The molecule has 0 saturated carbocycles. The van der Waals surface area contributed by atoms with Gasteiger partial charge in [0.1, 0.15) is 6.04 Å². The summed E-state index contributed by atoms with van der Waals surface area (Å²) in [5.74, 6) is -1.61. The Labute approximate surface area is 256 Å². The Morgan fingerprint density at radius 1 is 1.07 bits per heavy atom. The standard InChI is InChI=1S/C30H32Cl3N3O4S/c1-18(2)15-26(29(34)37)35-30(38)25-13-14-27(19-5-3-7-22(32)16-19)36(28(25)20-6-4-8-23(33)17-20)41(39,40)24-11-9-21(31)10-12-24/h3-13,16,18,20,26-28H,14-15,17H2,1-2H3,(H2,34,37)(H,35,38)/t20?,26-,27?,28?/m0/s1. The van der Waals surface area contributed by atoms with Crippen molar-refractivity contribution in [1.29, 1.82) is 0 Å². The molecule has 0 radical (unpaired) electrons. The van der Waals surface area contributed by atoms with Gasteiger partial charge in [-0.25, -0.2) is 8.42 Å². The number of carbonyl (C=O) groups excluding carboxylic acids is 2. The Morgan fingerprint density at radius 3 is 2.39 bits per heavy atom. The number of nitrogens with two attached hydrogens (primary N) is 1. The fourth-order valence-electron chi connectivity index (χ4n) is 5.32. The maximum absolute atomic E-state index is 14.5. The number of amides is 2. The van der Waals surface area contributed by atoms with Gasteiger partial charge in [-0.1, -0.05) is 79.0 Å². The third-order valence-electron chi connectivity index (χ3n) is 7.17. The number of primary amides is 1. The summed E-state index contributed by atoms with van der Waals surface area (Å²) >= 11 is 18.8. The lowest BCUT2D eigenvalue weighted by atomic mass is 9.82. The number of hydrogen-bond acceptors (Lipinski definition) is 4. The summed E-state index contributed by atoms with van der Waals surface area (Å²) in [5.41, 5.74) is 6.51. The van der Waals surface area contributed by atoms with Crippen LogP contribution in [0.3, 0.4) is 0 Å². The molecule has 4 atom stereocenters. The lowest BCUT2D eigenvalue weighted by Crippen LogP contribution is -2.54. The summed E-state index contributed by atoms with van der Waals surface area (Å²) in [7, 11) is -4.21. The van der Waals surface area contributed by atoms with E-state index in [4.69, 9.17) is 40.5 Å². The molecule has 4 rings (SSSR count). The molecule has 1 heterocycles. The monoisotopic (exact) mass is 635 g/mol. The number of nitrogens with one attached hydrogen (secondary N) is 1. The first-order valence-electron chi connectivity index (χ1n) is 13.3. The third-order valence-corrected chi connectivity index (χ3v) is 9.85. The number of allylic oxidation sites excluding steroid dienone is 3. The minimum absolute atomic E-state index is 0.0248. The molecule has 3 unspecified atom stereocenters. The Kier molecular flexibility index (Phi) is 10.0. The Balaban J connectivity index is 1.89. The first-order valence-corrected chi connectivity index (χ1v) is 15.8. The molecule has 2 aromatic rings. The lowest BCUT2D eigenvalue weighted by Gasteiger charge is -2.44. The average Bonchev–Trinajstić information content (AvgIpc) is 2.91. The normalized spacial score (nSPS) is 22.1. The van der Waals surface area contributed by atoms with Crippen molar-refractivity contribution in [2.75, 3.05) is 0 Å². The zero-order valence-electron chi connectivity index (χ0n) is 22.6. The van der Waals surface area contributed by atoms with Crippen molar-refractivity contribution in [3.63, 3.8) is 0 Å². The summed E-state index contributed by atoms with van der Waals surface area (Å²) in [5, 5.41) is 4.14. The molecule has 11 heteroatoms. The number of hydrogen-bond donors (Lipinski definition) is 2. The molecule has 2 aromatic carbocycles. The van der Waals surface area contributed by atoms with Crippen LogP contribution in [0.5, 0.6) is 0 Å². The van der Waals surface area contributed by atoms with Crippen molar-refractivity contribution in [3.05, 3.63) is 99.0 Å². The zero-order valence-corrected chi connectivity index (χ0v) is 25.7. The van der Waals surface area contributed by atoms with Crippen LogP contribution in [0.1, 0.15) is 44.7 Å². The summed E-state index contributed by atoms with van der Waals surface area (Å²) in [4.78, 5) is 26.1. The van der Waals surface area contributed by atoms with Gasteiger partial charge in [0.25, 0.3) is 0 Å². The molecular weight excluding hydrogens is 605 g/mol. The van der Waals surface area contributed by atoms with Crippen LogP contribution >= 0.6 is 34.8 Å². The largest absolute Gasteiger partial charge is 0.368 e. The predicted octanol–water partition coefficient (Wildman–Crippen LogP) is 6.14. The van der Waals surface area contributed by atoms with E-state index in [9.17, 15) is 18.0 Å². The smallest absolute Gasteiger partial charge is 0.249 e. The van der Waals surface area contributed by atoms with Crippen molar-refractivity contribution in [1.82, 2.24) is 9.62 Å². The van der Waals surface area contributed by atoms with E-state index in [1.54, 1.807) is 36.4 Å². The number of rotatable bonds is 9. The molecule has 0 saturated heterocycles. The number of halogens is 3. The van der Waals surface area contributed by atoms with Gasteiger partial charge in [0.2, 0.25) is 21.8 Å². The summed E-state index contributed by atoms with van der Waals surface area (Å²) in [6, 6.07) is 10.4. The molecule has 0 spiro atoms. The van der Waals surface area contributed by atoms with Gasteiger partial charge >= 0.3 is 0 Å². The highest BCUT2D eigenvalue weighted by Crippen LogP contribution is 2.44. The fourth-order valence-corrected chi connectivity index (χ4v) is 7.73. The summed E-state index contributed by atoms with van der Waals surface area (Å²) in [6.07, 6.45) is 7.94. The minimum atomic E-state index is -4.21. The maximum atomic E-state index is 14.5. The van der Waals surface area contributed by atoms with Gasteiger partial charge in [-0.2, -0.15) is 4.31 Å². The molecule has 2 aliphatic rings. The van der Waals surface area contributed by atoms with Crippen molar-refractivity contribution < 1.29 is 18.0 Å². The fraction of sp³-hybridized carbons (Fsp3) is 0.333. The Morgan fingerprint density at radius 2 is 1.78 bits per heavy atom. The highest BCUT2D eigenvalue weighted by molar-refractivity contribution is 7.89. The first kappa shape index (κ1) is 31.3. The van der Waals surface area contributed by atoms with E-state index in [0.29, 0.717) is 33.5 Å². The lowest BCUT2D eigenvalue weighted by molar-refractivity contribution is -0.126. The SMILES string of the molecule is CC(C)C[C@H](NC(=O)C1=CCC(c2cccc(Cl)c2)N(S(=O)(=O)c2ccc(Cl)cc2)C1C1C=CC=C(Cl)C1)C(N)=O. The van der Waals surface area contributed by atoms with Crippen LogP contribution in [-0.4, -0.2) is 36.6 Å². The van der Waals surface area contributed by atoms with Gasteiger partial charge in [-0.15, -0.1) is 0 Å². The molecule has 41 heavy (non-hydrogen) atoms. The molecule has 1 aliphatic heterocycles. The van der Waals surface area contributed by atoms with Gasteiger partial charge in [-0.05, 0) is 73.2 Å². The van der Waals surface area contributed by atoms with Crippen molar-refractivity contribution in [2.45, 2.75) is 56.1 Å². The topological polar surface area (TPSA) is 110 Å². The van der Waals surface area contributed by atoms with Gasteiger partial charge < -0.3 is 11.1 Å². The minimum Gasteiger partial charge on any atom is -0.368 e. The maximum Gasteiger partial charge on any atom is 0.249 e. The number of benzene rings is 2. The van der Waals surface area contributed by atoms with E-state index in [-0.39, 0.29) is 22.8 Å². The molecule has 218 valence electrons. The Bertz CT molecular complexity index is 1500. The number of nitrogens with zero attached hydrogens (tertiary/aromatic N) is 1. The Hall–Kier alpha value is -2.62. The molecule has 2 amide bonds. The van der Waals surface area contributed by atoms with Crippen LogP contribution in [0.4, 0.5) is 0 Å². The predicted molar refractivity (Wildman–Crippen MR) is 163 cm³/mol. The third kappa shape index (κ3) is 7.24. The average molecular weight is 637 g/mol. The molecule has 0 aromatic heterocycles. The molecule has 3 N–H and O–H groups in total. The first-order chi connectivity index (χ1) is 19.4. The van der Waals surface area contributed by atoms with E-state index in [1.165, 1.54) is 28.6 Å². The van der Waals surface area contributed by atoms with Gasteiger partial charge in [0.05, 0.1) is 17.0 Å². The van der Waals surface area contributed by atoms with Crippen LogP contribution in [0.2, 0.25) is 10.0 Å². The van der Waals surface area contributed by atoms with Crippen LogP contribution in [0, 0.1) is 11.8 Å². The highest BCUT2D eigenvalue weighted by atomic mass is 35.5. The molecular formula is C30H32Cl3N3O4S. The summed E-state index contributed by atoms with van der Waals surface area (Å²) < 4.78 is 30.4. The molecule has 1 aliphatic carbocycles. The van der Waals surface area contributed by atoms with Crippen molar-refractivity contribution >= 4 is 56.6 Å². The second-order valence-electron chi connectivity index (χ2n) is 10.6. The van der Waals surface area contributed by atoms with E-state index in [0.717, 1.165) is 0 Å². The second kappa shape index (κ2) is 13.1. The van der Waals surface area contributed by atoms with Crippen LogP contribution < -0.4 is 11.1 Å². The van der Waals surface area contributed by atoms with Crippen LogP contribution in [0.15, 0.2) is 88.3 Å².